The molecule has 3 aromatic rings. The van der Waals surface area contributed by atoms with Gasteiger partial charge in [0.1, 0.15) is 22.9 Å². The number of amidine groups is 1. The topological polar surface area (TPSA) is 118 Å². The van der Waals surface area contributed by atoms with Gasteiger partial charge in [0.25, 0.3) is 0 Å². The van der Waals surface area contributed by atoms with Crippen molar-refractivity contribution in [3.63, 3.8) is 0 Å². The zero-order valence-corrected chi connectivity index (χ0v) is 20.1. The summed E-state index contributed by atoms with van der Waals surface area (Å²) in [5, 5.41) is 4.10. The smallest absolute Gasteiger partial charge is 0.156 e. The molecule has 2 aromatic heterocycles. The number of pyridine rings is 2. The van der Waals surface area contributed by atoms with E-state index in [1.807, 2.05) is 26.0 Å². The summed E-state index contributed by atoms with van der Waals surface area (Å²) in [7, 11) is 0.866. The van der Waals surface area contributed by atoms with Crippen molar-refractivity contribution in [1.29, 1.82) is 0 Å². The minimum absolute atomic E-state index is 0.221. The van der Waals surface area contributed by atoms with Gasteiger partial charge in [0.05, 0.1) is 23.6 Å². The highest BCUT2D eigenvalue weighted by Gasteiger charge is 2.51. The number of fused-ring (bicyclic) bond motifs is 1. The third-order valence-electron chi connectivity index (χ3n) is 6.28. The van der Waals surface area contributed by atoms with Crippen LogP contribution in [-0.2, 0) is 5.54 Å². The number of anilines is 2. The summed E-state index contributed by atoms with van der Waals surface area (Å²) in [5.41, 5.74) is 6.84. The molecule has 10 heteroatoms. The molecule has 8 nitrogen and oxygen atoms in total. The fourth-order valence-electron chi connectivity index (χ4n) is 4.05. The standard InChI is InChI=1S/C23H29FN6O2S/c1-22(2)21(25)30-23(3,13-33(22,31)26-4)17-11-15(6-7-18(17)24)29-20-19-14(8-9-27-20)10-16(32-5)12-28-19/h6-12,26,31H,13H2,1-5H3,(H2,25,30)(H,27,29)/t23-/m0/s1. The number of aliphatic imine (C=N–C) groups is 1. The number of benzene rings is 1. The van der Waals surface area contributed by atoms with Gasteiger partial charge in [0.15, 0.2) is 5.82 Å². The Bertz CT molecular complexity index is 1250. The Labute approximate surface area is 194 Å². The molecule has 1 unspecified atom stereocenters. The van der Waals surface area contributed by atoms with Crippen LogP contribution in [0.25, 0.3) is 10.9 Å². The van der Waals surface area contributed by atoms with Crippen molar-refractivity contribution in [2.24, 2.45) is 10.7 Å². The molecule has 1 aliphatic rings. The average Bonchev–Trinajstić information content (AvgIpc) is 2.78. The van der Waals surface area contributed by atoms with Crippen LogP contribution in [0.2, 0.25) is 0 Å². The first-order valence-electron chi connectivity index (χ1n) is 10.5. The monoisotopic (exact) mass is 472 g/mol. The lowest BCUT2D eigenvalue weighted by molar-refractivity contribution is 0.414. The summed E-state index contributed by atoms with van der Waals surface area (Å²) in [6.45, 7) is 5.48. The van der Waals surface area contributed by atoms with Crippen LogP contribution < -0.4 is 20.5 Å². The number of hydrogen-bond acceptors (Lipinski definition) is 8. The van der Waals surface area contributed by atoms with Gasteiger partial charge >= 0.3 is 0 Å². The second kappa shape index (κ2) is 8.12. The lowest BCUT2D eigenvalue weighted by Crippen LogP contribution is -2.55. The Morgan fingerprint density at radius 2 is 1.94 bits per heavy atom. The van der Waals surface area contributed by atoms with Gasteiger partial charge in [-0.05, 0) is 58.2 Å². The minimum Gasteiger partial charge on any atom is -0.495 e. The van der Waals surface area contributed by atoms with Crippen molar-refractivity contribution in [3.8, 4) is 5.75 Å². The molecule has 0 saturated heterocycles. The van der Waals surface area contributed by atoms with E-state index < -0.39 is 26.6 Å². The maximum Gasteiger partial charge on any atom is 0.156 e. The van der Waals surface area contributed by atoms with Gasteiger partial charge in [0, 0.05) is 28.6 Å². The molecule has 0 radical (unpaired) electrons. The maximum atomic E-state index is 15.1. The molecule has 5 N–H and O–H groups in total. The fourth-order valence-corrected chi connectivity index (χ4v) is 6.49. The minimum atomic E-state index is -2.41. The van der Waals surface area contributed by atoms with E-state index in [2.05, 4.69) is 25.0 Å². The van der Waals surface area contributed by atoms with E-state index in [1.54, 1.807) is 45.6 Å². The van der Waals surface area contributed by atoms with Crippen LogP contribution in [0.1, 0.15) is 26.3 Å². The highest BCUT2D eigenvalue weighted by Crippen LogP contribution is 2.59. The van der Waals surface area contributed by atoms with Crippen LogP contribution >= 0.6 is 10.5 Å². The first-order chi connectivity index (χ1) is 15.5. The molecule has 0 aliphatic carbocycles. The Morgan fingerprint density at radius 1 is 1.18 bits per heavy atom. The van der Waals surface area contributed by atoms with Crippen molar-refractivity contribution in [2.45, 2.75) is 31.1 Å². The van der Waals surface area contributed by atoms with Crippen LogP contribution in [0.15, 0.2) is 47.7 Å². The second-order valence-electron chi connectivity index (χ2n) is 8.76. The Kier molecular flexibility index (Phi) is 5.71. The van der Waals surface area contributed by atoms with Gasteiger partial charge in [-0.15, -0.1) is 0 Å². The van der Waals surface area contributed by atoms with Gasteiger partial charge in [-0.25, -0.2) is 14.4 Å². The molecular weight excluding hydrogens is 443 g/mol. The number of ether oxygens (including phenoxy) is 1. The number of nitrogens with two attached hydrogens (primary N) is 1. The summed E-state index contributed by atoms with van der Waals surface area (Å²) in [6.07, 6.45) is 3.29. The van der Waals surface area contributed by atoms with E-state index in [4.69, 9.17) is 10.5 Å². The zero-order chi connectivity index (χ0) is 24.0. The molecule has 0 spiro atoms. The number of nitrogens with one attached hydrogen (secondary N) is 2. The van der Waals surface area contributed by atoms with Crippen molar-refractivity contribution in [3.05, 3.63) is 54.1 Å². The molecule has 176 valence electrons. The molecule has 0 bridgehead atoms. The Morgan fingerprint density at radius 3 is 2.64 bits per heavy atom. The van der Waals surface area contributed by atoms with Crippen molar-refractivity contribution >= 4 is 38.7 Å². The summed E-state index contributed by atoms with van der Waals surface area (Å²) >= 11 is 0. The summed E-state index contributed by atoms with van der Waals surface area (Å²) in [5.74, 6) is 1.26. The van der Waals surface area contributed by atoms with E-state index in [0.717, 1.165) is 5.39 Å². The SMILES string of the molecule is CNS1(O)C[C@@](C)(c2cc(Nc3nccc4cc(OC)cnc34)ccc2F)N=C(N)C1(C)C. The molecule has 1 aliphatic heterocycles. The van der Waals surface area contributed by atoms with E-state index in [0.29, 0.717) is 28.3 Å². The first-order valence-corrected chi connectivity index (χ1v) is 12.2. The summed E-state index contributed by atoms with van der Waals surface area (Å²) in [4.78, 5) is 13.5. The van der Waals surface area contributed by atoms with E-state index in [1.165, 1.54) is 6.07 Å². The summed E-state index contributed by atoms with van der Waals surface area (Å²) < 4.78 is 34.0. The third-order valence-corrected chi connectivity index (χ3v) is 9.83. The van der Waals surface area contributed by atoms with Crippen molar-refractivity contribution < 1.29 is 13.7 Å². The molecule has 33 heavy (non-hydrogen) atoms. The predicted octanol–water partition coefficient (Wildman–Crippen LogP) is 4.30. The molecule has 4 rings (SSSR count). The zero-order valence-electron chi connectivity index (χ0n) is 19.3. The molecule has 0 fully saturated rings. The quantitative estimate of drug-likeness (QED) is 0.437. The van der Waals surface area contributed by atoms with Gasteiger partial charge in [-0.2, -0.15) is 0 Å². The van der Waals surface area contributed by atoms with Crippen LogP contribution in [0.3, 0.4) is 0 Å². The molecular formula is C23H29FN6O2S. The molecule has 1 aromatic carbocycles. The van der Waals surface area contributed by atoms with Gasteiger partial charge < -0.3 is 20.3 Å². The van der Waals surface area contributed by atoms with E-state index in [-0.39, 0.29) is 11.6 Å². The highest BCUT2D eigenvalue weighted by atomic mass is 32.3. The van der Waals surface area contributed by atoms with Crippen molar-refractivity contribution in [2.75, 3.05) is 25.2 Å². The largest absolute Gasteiger partial charge is 0.495 e. The fraction of sp³-hybridized carbons (Fsp3) is 0.348. The maximum absolute atomic E-state index is 15.1. The number of halogens is 1. The average molecular weight is 473 g/mol. The van der Waals surface area contributed by atoms with Crippen LogP contribution in [0.4, 0.5) is 15.9 Å². The highest BCUT2D eigenvalue weighted by molar-refractivity contribution is 8.29. The number of methoxy groups -OCH3 is 1. The van der Waals surface area contributed by atoms with Crippen LogP contribution in [0.5, 0.6) is 5.75 Å². The number of hydrogen-bond donors (Lipinski definition) is 4. The summed E-state index contributed by atoms with van der Waals surface area (Å²) in [6, 6.07) is 8.40. The van der Waals surface area contributed by atoms with Crippen LogP contribution in [-0.4, -0.2) is 45.0 Å². The van der Waals surface area contributed by atoms with Gasteiger partial charge in [-0.1, -0.05) is 10.5 Å². The molecule has 0 saturated carbocycles. The third kappa shape index (κ3) is 3.88. The normalized spacial score (nSPS) is 26.3. The lowest BCUT2D eigenvalue weighted by Gasteiger charge is -2.53. The molecule has 3 heterocycles. The number of rotatable bonds is 5. The lowest BCUT2D eigenvalue weighted by atomic mass is 9.92. The Balaban J connectivity index is 1.76. The van der Waals surface area contributed by atoms with Gasteiger partial charge in [0.2, 0.25) is 0 Å². The Hall–Kier alpha value is -2.95. The molecule has 2 atom stereocenters. The van der Waals surface area contributed by atoms with Crippen molar-refractivity contribution in [1.82, 2.24) is 14.7 Å². The second-order valence-corrected chi connectivity index (χ2v) is 11.9. The van der Waals surface area contributed by atoms with E-state index in [9.17, 15) is 4.55 Å². The van der Waals surface area contributed by atoms with Gasteiger partial charge in [-0.3, -0.25) is 9.71 Å². The first kappa shape index (κ1) is 23.2. The predicted molar refractivity (Wildman–Crippen MR) is 133 cm³/mol. The molecule has 0 amide bonds. The van der Waals surface area contributed by atoms with E-state index >= 15 is 4.39 Å². The number of nitrogens with zero attached hydrogens (tertiary/aromatic N) is 3. The number of aromatic nitrogens is 2. The van der Waals surface area contributed by atoms with Crippen LogP contribution in [0, 0.1) is 5.82 Å².